The van der Waals surface area contributed by atoms with Gasteiger partial charge in [-0.3, -0.25) is 24.3 Å². The Morgan fingerprint density at radius 1 is 1.14 bits per heavy atom. The number of hydrogen-bond acceptors (Lipinski definition) is 5. The van der Waals surface area contributed by atoms with Gasteiger partial charge in [0.15, 0.2) is 0 Å². The molecule has 0 aliphatic carbocycles. The minimum Gasteiger partial charge on any atom is -0.324 e. The molecule has 3 rings (SSSR count). The number of halogens is 2. The Balaban J connectivity index is 1.76. The van der Waals surface area contributed by atoms with E-state index in [1.54, 1.807) is 6.07 Å². The van der Waals surface area contributed by atoms with E-state index in [1.165, 1.54) is 18.2 Å². The van der Waals surface area contributed by atoms with Crippen molar-refractivity contribution in [3.05, 3.63) is 87.0 Å². The summed E-state index contributed by atoms with van der Waals surface area (Å²) in [5, 5.41) is 13.1. The van der Waals surface area contributed by atoms with Gasteiger partial charge in [0.2, 0.25) is 11.7 Å². The minimum atomic E-state index is -1.04. The second kappa shape index (κ2) is 7.74. The largest absolute Gasteiger partial charge is 0.324 e. The lowest BCUT2D eigenvalue weighted by molar-refractivity contribution is -0.387. The van der Waals surface area contributed by atoms with Crippen LogP contribution in [0.1, 0.15) is 0 Å². The van der Waals surface area contributed by atoms with E-state index in [0.717, 1.165) is 35.2 Å². The fraction of sp³-hybridized carbons (Fsp3) is 0.0556. The molecule has 0 unspecified atom stereocenters. The van der Waals surface area contributed by atoms with E-state index in [4.69, 9.17) is 0 Å². The van der Waals surface area contributed by atoms with Crippen LogP contribution in [0.2, 0.25) is 0 Å². The second-order valence-electron chi connectivity index (χ2n) is 5.69. The summed E-state index contributed by atoms with van der Waals surface area (Å²) >= 11 is 0. The van der Waals surface area contributed by atoms with Crippen molar-refractivity contribution < 1.29 is 18.5 Å². The van der Waals surface area contributed by atoms with Crippen molar-refractivity contribution in [2.45, 2.75) is 6.54 Å². The molecule has 2 aromatic carbocycles. The van der Waals surface area contributed by atoms with Gasteiger partial charge in [0.25, 0.3) is 5.56 Å². The first-order chi connectivity index (χ1) is 13.3. The lowest BCUT2D eigenvalue weighted by Crippen LogP contribution is -2.27. The molecule has 28 heavy (non-hydrogen) atoms. The Morgan fingerprint density at radius 3 is 2.57 bits per heavy atom. The number of carbonyl (C=O) groups is 1. The third-order valence-corrected chi connectivity index (χ3v) is 3.77. The first-order valence-electron chi connectivity index (χ1n) is 7.90. The molecule has 1 N–H and O–H groups in total. The van der Waals surface area contributed by atoms with Crippen LogP contribution in [0.4, 0.5) is 20.2 Å². The van der Waals surface area contributed by atoms with Crippen molar-refractivity contribution in [3.8, 4) is 11.3 Å². The number of carbonyl (C=O) groups excluding carboxylic acids is 1. The fourth-order valence-corrected chi connectivity index (χ4v) is 2.45. The summed E-state index contributed by atoms with van der Waals surface area (Å²) in [6.07, 6.45) is 1.09. The van der Waals surface area contributed by atoms with Gasteiger partial charge in [0.05, 0.1) is 16.9 Å². The zero-order valence-electron chi connectivity index (χ0n) is 14.1. The van der Waals surface area contributed by atoms with Crippen LogP contribution >= 0.6 is 0 Å². The molecular weight excluding hydrogens is 374 g/mol. The molecule has 0 saturated heterocycles. The van der Waals surface area contributed by atoms with Crippen molar-refractivity contribution in [3.63, 3.8) is 0 Å². The highest BCUT2D eigenvalue weighted by Gasteiger charge is 2.16. The van der Waals surface area contributed by atoms with Gasteiger partial charge in [-0.15, -0.1) is 0 Å². The van der Waals surface area contributed by atoms with Gasteiger partial charge < -0.3 is 5.32 Å². The van der Waals surface area contributed by atoms with Crippen LogP contribution in [0.15, 0.2) is 59.7 Å². The number of nitro groups is 1. The third kappa shape index (κ3) is 4.06. The van der Waals surface area contributed by atoms with Crippen LogP contribution in [-0.4, -0.2) is 20.4 Å². The van der Waals surface area contributed by atoms with Gasteiger partial charge in [-0.05, 0) is 24.3 Å². The molecule has 1 aromatic heterocycles. The van der Waals surface area contributed by atoms with Crippen molar-refractivity contribution in [2.75, 3.05) is 5.32 Å². The molecule has 0 spiro atoms. The van der Waals surface area contributed by atoms with E-state index < -0.39 is 40.3 Å². The van der Waals surface area contributed by atoms with Gasteiger partial charge in [0, 0.05) is 23.4 Å². The first kappa shape index (κ1) is 18.8. The molecule has 0 bridgehead atoms. The number of benzene rings is 2. The number of hydrogen-bond donors (Lipinski definition) is 1. The Morgan fingerprint density at radius 2 is 1.89 bits per heavy atom. The normalized spacial score (nSPS) is 10.5. The maximum absolute atomic E-state index is 13.8. The minimum absolute atomic E-state index is 0.00193. The maximum atomic E-state index is 13.8. The number of anilines is 1. The number of nitro benzene ring substituents is 1. The van der Waals surface area contributed by atoms with E-state index in [9.17, 15) is 28.5 Å². The summed E-state index contributed by atoms with van der Waals surface area (Å²) in [7, 11) is 0. The Labute approximate surface area is 156 Å². The predicted molar refractivity (Wildman–Crippen MR) is 95.6 cm³/mol. The van der Waals surface area contributed by atoms with Crippen LogP contribution in [-0.2, 0) is 11.3 Å². The zero-order chi connectivity index (χ0) is 20.3. The summed E-state index contributed by atoms with van der Waals surface area (Å²) in [5.41, 5.74) is -1.11. The summed E-state index contributed by atoms with van der Waals surface area (Å²) in [4.78, 5) is 38.1. The molecular formula is C18H12F2N4O4. The highest BCUT2D eigenvalue weighted by atomic mass is 19.1. The average Bonchev–Trinajstić information content (AvgIpc) is 2.65. The number of nitrogens with one attached hydrogen (secondary N) is 1. The lowest BCUT2D eigenvalue weighted by atomic mass is 10.1. The molecule has 0 atom stereocenters. The molecule has 0 aliphatic rings. The van der Waals surface area contributed by atoms with Crippen molar-refractivity contribution in [1.29, 1.82) is 0 Å². The number of rotatable bonds is 5. The zero-order valence-corrected chi connectivity index (χ0v) is 14.1. The van der Waals surface area contributed by atoms with Crippen molar-refractivity contribution in [2.24, 2.45) is 0 Å². The molecule has 0 radical (unpaired) electrons. The van der Waals surface area contributed by atoms with Crippen LogP contribution in [0, 0.1) is 21.7 Å². The topological polar surface area (TPSA) is 107 Å². The Bertz CT molecular complexity index is 1130. The molecule has 0 fully saturated rings. The van der Waals surface area contributed by atoms with Crippen LogP contribution < -0.4 is 10.9 Å². The molecule has 1 heterocycles. The summed E-state index contributed by atoms with van der Waals surface area (Å²) < 4.78 is 28.1. The molecule has 0 aliphatic heterocycles. The van der Waals surface area contributed by atoms with Gasteiger partial charge in [-0.25, -0.2) is 9.37 Å². The molecule has 1 amide bonds. The number of nitrogens with zero attached hydrogens (tertiary/aromatic N) is 3. The van der Waals surface area contributed by atoms with Gasteiger partial charge >= 0.3 is 5.69 Å². The molecule has 10 heteroatoms. The van der Waals surface area contributed by atoms with Gasteiger partial charge in [-0.1, -0.05) is 12.1 Å². The maximum Gasteiger partial charge on any atom is 0.306 e. The number of aromatic nitrogens is 2. The van der Waals surface area contributed by atoms with Crippen LogP contribution in [0.25, 0.3) is 11.3 Å². The standard InChI is InChI=1S/C18H12F2N4O4/c19-13-4-2-1-3-12(13)15-8-18(26)23(10-21-15)9-17(25)22-11-5-6-14(20)16(7-11)24(27)28/h1-8,10H,9H2,(H,22,25). The molecule has 0 saturated carbocycles. The average molecular weight is 386 g/mol. The Hall–Kier alpha value is -3.95. The first-order valence-corrected chi connectivity index (χ1v) is 7.90. The van der Waals surface area contributed by atoms with Gasteiger partial charge in [0.1, 0.15) is 12.4 Å². The summed E-state index contributed by atoms with van der Waals surface area (Å²) in [6, 6.07) is 9.77. The number of amides is 1. The predicted octanol–water partition coefficient (Wildman–Crippen LogP) is 2.74. The van der Waals surface area contributed by atoms with E-state index in [2.05, 4.69) is 10.3 Å². The third-order valence-electron chi connectivity index (χ3n) is 3.77. The van der Waals surface area contributed by atoms with Crippen molar-refractivity contribution >= 4 is 17.3 Å². The Kier molecular flexibility index (Phi) is 5.21. The molecule has 3 aromatic rings. The van der Waals surface area contributed by atoms with E-state index in [-0.39, 0.29) is 16.9 Å². The van der Waals surface area contributed by atoms with Crippen molar-refractivity contribution in [1.82, 2.24) is 9.55 Å². The highest BCUT2D eigenvalue weighted by molar-refractivity contribution is 5.90. The van der Waals surface area contributed by atoms with E-state index in [0.29, 0.717) is 0 Å². The fourth-order valence-electron chi connectivity index (χ4n) is 2.45. The smallest absolute Gasteiger partial charge is 0.306 e. The summed E-state index contributed by atoms with van der Waals surface area (Å²) in [5.74, 6) is -2.25. The highest BCUT2D eigenvalue weighted by Crippen LogP contribution is 2.21. The SMILES string of the molecule is O=C(Cn1cnc(-c2ccccc2F)cc1=O)Nc1ccc(F)c([N+](=O)[O-])c1. The quantitative estimate of drug-likeness (QED) is 0.536. The lowest BCUT2D eigenvalue weighted by Gasteiger charge is -2.08. The molecule has 142 valence electrons. The van der Waals surface area contributed by atoms with E-state index >= 15 is 0 Å². The second-order valence-corrected chi connectivity index (χ2v) is 5.69. The van der Waals surface area contributed by atoms with E-state index in [1.807, 2.05) is 0 Å². The monoisotopic (exact) mass is 386 g/mol. The van der Waals surface area contributed by atoms with Crippen LogP contribution in [0.3, 0.4) is 0 Å². The summed E-state index contributed by atoms with van der Waals surface area (Å²) in [6.45, 7) is -0.436. The van der Waals surface area contributed by atoms with Crippen LogP contribution in [0.5, 0.6) is 0 Å². The van der Waals surface area contributed by atoms with Gasteiger partial charge in [-0.2, -0.15) is 4.39 Å². The molecule has 8 nitrogen and oxygen atoms in total.